The highest BCUT2D eigenvalue weighted by Gasteiger charge is 2.33. The number of carbonyl (C=O) groups excluding carboxylic acids is 1. The fourth-order valence-electron chi connectivity index (χ4n) is 4.70. The molecule has 4 rings (SSSR count). The summed E-state index contributed by atoms with van der Waals surface area (Å²) < 4.78 is 20.5. The van der Waals surface area contributed by atoms with Gasteiger partial charge in [0.1, 0.15) is 11.9 Å². The van der Waals surface area contributed by atoms with Crippen molar-refractivity contribution < 1.29 is 13.7 Å². The average molecular weight is 528 g/mol. The Kier molecular flexibility index (Phi) is 10.1. The van der Waals surface area contributed by atoms with E-state index in [4.69, 9.17) is 4.52 Å². The monoisotopic (exact) mass is 527 g/mol. The third-order valence-corrected chi connectivity index (χ3v) is 7.13. The van der Waals surface area contributed by atoms with E-state index in [0.717, 1.165) is 12.0 Å². The molecule has 2 heterocycles. The molecule has 0 radical (unpaired) electrons. The lowest BCUT2D eigenvalue weighted by atomic mass is 10.0. The largest absolute Gasteiger partial charge is 0.367 e. The van der Waals surface area contributed by atoms with Gasteiger partial charge in [0.2, 0.25) is 17.6 Å². The lowest BCUT2D eigenvalue weighted by molar-refractivity contribution is -0.137. The van der Waals surface area contributed by atoms with Crippen molar-refractivity contribution in [2.24, 2.45) is 0 Å². The molecule has 2 aromatic carbocycles. The molecule has 0 aliphatic carbocycles. The van der Waals surface area contributed by atoms with E-state index in [9.17, 15) is 4.79 Å². The molecule has 1 aliphatic rings. The minimum atomic E-state index is -0.335. The van der Waals surface area contributed by atoms with Gasteiger partial charge in [-0.2, -0.15) is 18.5 Å². The van der Waals surface area contributed by atoms with Crippen LogP contribution in [-0.2, 0) is 4.79 Å². The zero-order valence-electron chi connectivity index (χ0n) is 22.2. The SMILES string of the molecule is CC[C@H](C)c1nc(-c2ccc(N3CCN(C(C(=O)N(CC)CC)c4ccccc4)CC3)c(F)c2)no1.S. The molecule has 0 N–H and O–H groups in total. The van der Waals surface area contributed by atoms with E-state index >= 15 is 4.39 Å². The highest BCUT2D eigenvalue weighted by Crippen LogP contribution is 2.30. The summed E-state index contributed by atoms with van der Waals surface area (Å²) in [6.07, 6.45) is 0.895. The molecule has 1 fully saturated rings. The molecule has 1 amide bonds. The molecule has 1 aromatic heterocycles. The number of halogens is 1. The van der Waals surface area contributed by atoms with Crippen LogP contribution in [0.2, 0.25) is 0 Å². The van der Waals surface area contributed by atoms with Gasteiger partial charge >= 0.3 is 0 Å². The van der Waals surface area contributed by atoms with Gasteiger partial charge in [0, 0.05) is 50.7 Å². The van der Waals surface area contributed by atoms with Crippen molar-refractivity contribution in [1.29, 1.82) is 0 Å². The van der Waals surface area contributed by atoms with Gasteiger partial charge < -0.3 is 14.3 Å². The van der Waals surface area contributed by atoms with Gasteiger partial charge in [-0.05, 0) is 44.0 Å². The molecule has 1 saturated heterocycles. The predicted octanol–water partition coefficient (Wildman–Crippen LogP) is 5.23. The number of rotatable bonds is 9. The van der Waals surface area contributed by atoms with E-state index in [1.807, 2.05) is 67.0 Å². The summed E-state index contributed by atoms with van der Waals surface area (Å²) >= 11 is 0. The number of likely N-dealkylation sites (N-methyl/N-ethyl adjacent to an activating group) is 1. The minimum absolute atomic E-state index is 0. The van der Waals surface area contributed by atoms with Gasteiger partial charge in [-0.1, -0.05) is 49.3 Å². The first kappa shape index (κ1) is 28.7. The number of aromatic nitrogens is 2. The Morgan fingerprint density at radius 2 is 1.73 bits per heavy atom. The van der Waals surface area contributed by atoms with Crippen LogP contribution in [0.5, 0.6) is 0 Å². The van der Waals surface area contributed by atoms with E-state index in [0.29, 0.717) is 62.2 Å². The molecule has 9 heteroatoms. The fourth-order valence-corrected chi connectivity index (χ4v) is 4.70. The second kappa shape index (κ2) is 13.1. The molecule has 37 heavy (non-hydrogen) atoms. The number of amides is 1. The summed E-state index contributed by atoms with van der Waals surface area (Å²) in [5.41, 5.74) is 2.15. The number of piperazine rings is 1. The number of hydrogen-bond acceptors (Lipinski definition) is 6. The lowest BCUT2D eigenvalue weighted by Gasteiger charge is -2.41. The van der Waals surface area contributed by atoms with Crippen molar-refractivity contribution in [3.63, 3.8) is 0 Å². The quantitative estimate of drug-likeness (QED) is 0.380. The highest BCUT2D eigenvalue weighted by molar-refractivity contribution is 7.59. The Morgan fingerprint density at radius 1 is 1.05 bits per heavy atom. The van der Waals surface area contributed by atoms with Crippen LogP contribution in [-0.4, -0.2) is 65.1 Å². The Balaban J connectivity index is 0.00000380. The molecular weight excluding hydrogens is 489 g/mol. The van der Waals surface area contributed by atoms with Gasteiger partial charge in [0.05, 0.1) is 5.69 Å². The van der Waals surface area contributed by atoms with E-state index in [1.54, 1.807) is 6.07 Å². The summed E-state index contributed by atoms with van der Waals surface area (Å²) in [4.78, 5) is 24.0. The Labute approximate surface area is 226 Å². The molecule has 3 aromatic rings. The molecule has 1 aliphatic heterocycles. The third kappa shape index (κ3) is 6.33. The summed E-state index contributed by atoms with van der Waals surface area (Å²) in [5, 5.41) is 4.03. The van der Waals surface area contributed by atoms with Crippen LogP contribution in [0, 0.1) is 5.82 Å². The molecule has 7 nitrogen and oxygen atoms in total. The summed E-state index contributed by atoms with van der Waals surface area (Å²) in [6.45, 7) is 12.0. The normalized spacial score (nSPS) is 15.6. The van der Waals surface area contributed by atoms with Crippen LogP contribution >= 0.6 is 13.5 Å². The first-order chi connectivity index (χ1) is 17.5. The van der Waals surface area contributed by atoms with Crippen LogP contribution in [0.25, 0.3) is 11.4 Å². The minimum Gasteiger partial charge on any atom is -0.367 e. The number of nitrogens with zero attached hydrogens (tertiary/aromatic N) is 5. The Hall–Kier alpha value is -2.91. The van der Waals surface area contributed by atoms with Crippen molar-refractivity contribution in [3.8, 4) is 11.4 Å². The number of benzene rings is 2. The van der Waals surface area contributed by atoms with Crippen LogP contribution in [0.4, 0.5) is 10.1 Å². The molecule has 2 atom stereocenters. The van der Waals surface area contributed by atoms with Gasteiger partial charge in [-0.3, -0.25) is 9.69 Å². The number of carbonyl (C=O) groups is 1. The zero-order valence-corrected chi connectivity index (χ0v) is 23.2. The van der Waals surface area contributed by atoms with Crippen molar-refractivity contribution in [1.82, 2.24) is 19.9 Å². The smallest absolute Gasteiger partial charge is 0.244 e. The van der Waals surface area contributed by atoms with E-state index in [-0.39, 0.29) is 37.2 Å². The molecule has 1 unspecified atom stereocenters. The topological polar surface area (TPSA) is 65.7 Å². The second-order valence-corrected chi connectivity index (χ2v) is 9.28. The maximum absolute atomic E-state index is 15.2. The third-order valence-electron chi connectivity index (χ3n) is 7.13. The summed E-state index contributed by atoms with van der Waals surface area (Å²) in [6, 6.07) is 14.7. The first-order valence-corrected chi connectivity index (χ1v) is 12.9. The summed E-state index contributed by atoms with van der Waals surface area (Å²) in [5.74, 6) is 0.947. The van der Waals surface area contributed by atoms with Gasteiger partial charge in [-0.15, -0.1) is 0 Å². The van der Waals surface area contributed by atoms with Gasteiger partial charge in [-0.25, -0.2) is 4.39 Å². The van der Waals surface area contributed by atoms with Crippen molar-refractivity contribution in [2.75, 3.05) is 44.2 Å². The van der Waals surface area contributed by atoms with E-state index < -0.39 is 0 Å². The highest BCUT2D eigenvalue weighted by atomic mass is 32.1. The molecule has 0 bridgehead atoms. The predicted molar refractivity (Wildman–Crippen MR) is 150 cm³/mol. The van der Waals surface area contributed by atoms with Crippen LogP contribution in [0.1, 0.15) is 57.5 Å². The van der Waals surface area contributed by atoms with Crippen molar-refractivity contribution in [2.45, 2.75) is 46.1 Å². The Bertz CT molecular complexity index is 1150. The summed E-state index contributed by atoms with van der Waals surface area (Å²) in [7, 11) is 0. The standard InChI is InChI=1S/C28H36FN5O2.H2S/c1-5-20(4)27-30-26(31-36-27)22-13-14-24(23(29)19-22)33-15-17-34(18-16-33)25(21-11-9-8-10-12-21)28(35)32(6-2)7-3;/h8-14,19-20,25H,5-7,15-18H2,1-4H3;1H2/t20-,25?;/m0./s1. The molecule has 0 saturated carbocycles. The lowest BCUT2D eigenvalue weighted by Crippen LogP contribution is -2.51. The molecular formula is C28H38FN5O2S. The van der Waals surface area contributed by atoms with Gasteiger partial charge in [0.15, 0.2) is 0 Å². The number of hydrogen-bond donors (Lipinski definition) is 0. The number of anilines is 1. The average Bonchev–Trinajstić information content (AvgIpc) is 3.41. The van der Waals surface area contributed by atoms with Crippen molar-refractivity contribution in [3.05, 3.63) is 65.8 Å². The van der Waals surface area contributed by atoms with Gasteiger partial charge in [0.25, 0.3) is 0 Å². The van der Waals surface area contributed by atoms with E-state index in [2.05, 4.69) is 22.0 Å². The van der Waals surface area contributed by atoms with Crippen LogP contribution in [0.15, 0.2) is 53.1 Å². The fraction of sp³-hybridized carbons (Fsp3) is 0.464. The second-order valence-electron chi connectivity index (χ2n) is 9.28. The Morgan fingerprint density at radius 3 is 2.32 bits per heavy atom. The van der Waals surface area contributed by atoms with E-state index in [1.165, 1.54) is 6.07 Å². The molecule has 200 valence electrons. The van der Waals surface area contributed by atoms with Crippen molar-refractivity contribution >= 4 is 25.1 Å². The zero-order chi connectivity index (χ0) is 25.7. The maximum atomic E-state index is 15.2. The van der Waals surface area contributed by atoms with Crippen LogP contribution in [0.3, 0.4) is 0 Å². The maximum Gasteiger partial charge on any atom is 0.244 e. The van der Waals surface area contributed by atoms with Crippen LogP contribution < -0.4 is 4.90 Å². The first-order valence-electron chi connectivity index (χ1n) is 12.9. The molecule has 0 spiro atoms.